The number of rotatable bonds is 11. The molecule has 36 heavy (non-hydrogen) atoms. The molecule has 0 unspecified atom stereocenters. The quantitative estimate of drug-likeness (QED) is 0.314. The minimum atomic E-state index is -4.24. The van der Waals surface area contributed by atoms with Gasteiger partial charge in [0.25, 0.3) is 10.0 Å². The number of carboxylic acids is 1. The molecule has 3 N–H and O–H groups in total. The number of sulfonamides is 1. The molecule has 192 valence electrons. The van der Waals surface area contributed by atoms with Crippen LogP contribution in [-0.2, 0) is 23.0 Å². The number of imidazole rings is 1. The number of hydrogen-bond acceptors (Lipinski definition) is 6. The molecule has 0 aliphatic heterocycles. The van der Waals surface area contributed by atoms with E-state index in [1.807, 2.05) is 19.9 Å². The standard InChI is InChI=1S/C25H30N4O5S2/c1-4-9-21-27-23(35-3)22(24(30)31)29(21)16-17-12-13-19(18-10-7-6-8-11-18)20(15-17)36(33,34)28-25(32)26-14-5-2/h6-8,10-13,15H,4-5,9,14,16H2,1-3H3,(H,30,31)(H2,26,28,32). The lowest BCUT2D eigenvalue weighted by Gasteiger charge is -2.16. The minimum Gasteiger partial charge on any atom is -0.476 e. The van der Waals surface area contributed by atoms with E-state index in [0.717, 1.165) is 6.42 Å². The lowest BCUT2D eigenvalue weighted by atomic mass is 10.0. The van der Waals surface area contributed by atoms with Crippen LogP contribution in [0.2, 0.25) is 0 Å². The topological polar surface area (TPSA) is 130 Å². The summed E-state index contributed by atoms with van der Waals surface area (Å²) in [5, 5.41) is 12.8. The van der Waals surface area contributed by atoms with Crippen LogP contribution in [0.4, 0.5) is 4.79 Å². The van der Waals surface area contributed by atoms with E-state index in [9.17, 15) is 23.1 Å². The predicted octanol–water partition coefficient (Wildman–Crippen LogP) is 4.37. The van der Waals surface area contributed by atoms with Gasteiger partial charge in [0.05, 0.1) is 4.90 Å². The maximum atomic E-state index is 13.3. The molecule has 3 aromatic rings. The van der Waals surface area contributed by atoms with Gasteiger partial charge in [-0.15, -0.1) is 11.8 Å². The Hall–Kier alpha value is -3.31. The predicted molar refractivity (Wildman–Crippen MR) is 140 cm³/mol. The van der Waals surface area contributed by atoms with Gasteiger partial charge < -0.3 is 15.0 Å². The van der Waals surface area contributed by atoms with E-state index in [0.29, 0.717) is 46.9 Å². The zero-order valence-electron chi connectivity index (χ0n) is 20.4. The Morgan fingerprint density at radius 3 is 2.42 bits per heavy atom. The van der Waals surface area contributed by atoms with E-state index in [1.165, 1.54) is 17.8 Å². The number of carbonyl (C=O) groups excluding carboxylic acids is 1. The Kier molecular flexibility index (Phi) is 9.16. The van der Waals surface area contributed by atoms with Crippen molar-refractivity contribution in [3.63, 3.8) is 0 Å². The number of urea groups is 1. The fraction of sp³-hybridized carbons (Fsp3) is 0.320. The smallest absolute Gasteiger partial charge is 0.355 e. The first-order valence-corrected chi connectivity index (χ1v) is 14.3. The number of amides is 2. The Bertz CT molecular complexity index is 1340. The maximum Gasteiger partial charge on any atom is 0.355 e. The van der Waals surface area contributed by atoms with Gasteiger partial charge in [0.1, 0.15) is 10.9 Å². The number of nitrogens with zero attached hydrogens (tertiary/aromatic N) is 2. The normalized spacial score (nSPS) is 11.3. The van der Waals surface area contributed by atoms with Crippen LogP contribution in [0.3, 0.4) is 0 Å². The largest absolute Gasteiger partial charge is 0.476 e. The molecular formula is C25H30N4O5S2. The second-order valence-electron chi connectivity index (χ2n) is 8.09. The molecule has 0 saturated heterocycles. The molecule has 0 radical (unpaired) electrons. The molecule has 1 aromatic heterocycles. The third kappa shape index (κ3) is 6.27. The number of benzene rings is 2. The number of aromatic nitrogens is 2. The van der Waals surface area contributed by atoms with Crippen molar-refractivity contribution < 1.29 is 23.1 Å². The van der Waals surface area contributed by atoms with Crippen molar-refractivity contribution in [3.8, 4) is 11.1 Å². The maximum absolute atomic E-state index is 13.3. The molecule has 11 heteroatoms. The van der Waals surface area contributed by atoms with Crippen LogP contribution in [-0.4, -0.2) is 47.9 Å². The van der Waals surface area contributed by atoms with Crippen LogP contribution >= 0.6 is 11.8 Å². The Balaban J connectivity index is 2.11. The summed E-state index contributed by atoms with van der Waals surface area (Å²) in [7, 11) is -4.24. The first kappa shape index (κ1) is 27.3. The van der Waals surface area contributed by atoms with E-state index < -0.39 is 22.0 Å². The van der Waals surface area contributed by atoms with Crippen molar-refractivity contribution in [1.29, 1.82) is 0 Å². The van der Waals surface area contributed by atoms with E-state index in [2.05, 4.69) is 15.0 Å². The van der Waals surface area contributed by atoms with Gasteiger partial charge in [0.15, 0.2) is 5.69 Å². The summed E-state index contributed by atoms with van der Waals surface area (Å²) in [5.41, 5.74) is 1.73. The highest BCUT2D eigenvalue weighted by Gasteiger charge is 2.25. The zero-order chi connectivity index (χ0) is 26.3. The molecule has 3 rings (SSSR count). The monoisotopic (exact) mass is 530 g/mol. The fourth-order valence-corrected chi connectivity index (χ4v) is 5.58. The molecule has 1 heterocycles. The van der Waals surface area contributed by atoms with Gasteiger partial charge in [-0.2, -0.15) is 0 Å². The number of carboxylic acid groups (broad SMARTS) is 1. The highest BCUT2D eigenvalue weighted by atomic mass is 32.2. The Morgan fingerprint density at radius 2 is 1.81 bits per heavy atom. The summed E-state index contributed by atoms with van der Waals surface area (Å²) in [6.45, 7) is 4.29. The van der Waals surface area contributed by atoms with E-state index >= 15 is 0 Å². The van der Waals surface area contributed by atoms with Crippen LogP contribution in [0.25, 0.3) is 11.1 Å². The summed E-state index contributed by atoms with van der Waals surface area (Å²) >= 11 is 1.25. The van der Waals surface area contributed by atoms with E-state index in [1.54, 1.807) is 47.2 Å². The summed E-state index contributed by atoms with van der Waals surface area (Å²) in [5.74, 6) is -0.481. The summed E-state index contributed by atoms with van der Waals surface area (Å²) < 4.78 is 30.3. The van der Waals surface area contributed by atoms with Crippen LogP contribution in [0.5, 0.6) is 0 Å². The first-order chi connectivity index (χ1) is 17.2. The van der Waals surface area contributed by atoms with Crippen molar-refractivity contribution in [2.45, 2.75) is 49.6 Å². The van der Waals surface area contributed by atoms with Crippen molar-refractivity contribution in [1.82, 2.24) is 19.6 Å². The van der Waals surface area contributed by atoms with Crippen molar-refractivity contribution in [3.05, 3.63) is 65.6 Å². The van der Waals surface area contributed by atoms with Gasteiger partial charge >= 0.3 is 12.0 Å². The average Bonchev–Trinajstić information content (AvgIpc) is 3.20. The van der Waals surface area contributed by atoms with Gasteiger partial charge in [-0.05, 0) is 36.3 Å². The lowest BCUT2D eigenvalue weighted by Crippen LogP contribution is -2.39. The molecule has 0 fully saturated rings. The van der Waals surface area contributed by atoms with E-state index in [-0.39, 0.29) is 17.1 Å². The fourth-order valence-electron chi connectivity index (χ4n) is 3.79. The number of thioether (sulfide) groups is 1. The summed E-state index contributed by atoms with van der Waals surface area (Å²) in [6.07, 6.45) is 3.77. The minimum absolute atomic E-state index is 0.0690. The highest BCUT2D eigenvalue weighted by molar-refractivity contribution is 7.98. The van der Waals surface area contributed by atoms with Crippen LogP contribution < -0.4 is 10.0 Å². The number of nitrogens with one attached hydrogen (secondary N) is 2. The van der Waals surface area contributed by atoms with Gasteiger partial charge in [-0.25, -0.2) is 27.7 Å². The molecule has 9 nitrogen and oxygen atoms in total. The van der Waals surface area contributed by atoms with Gasteiger partial charge in [0, 0.05) is 25.1 Å². The number of hydrogen-bond donors (Lipinski definition) is 3. The molecular weight excluding hydrogens is 500 g/mol. The van der Waals surface area contributed by atoms with Crippen LogP contribution in [0.15, 0.2) is 58.5 Å². The number of aryl methyl sites for hydroxylation is 1. The zero-order valence-corrected chi connectivity index (χ0v) is 22.1. The molecule has 2 aromatic carbocycles. The molecule has 0 bridgehead atoms. The third-order valence-electron chi connectivity index (χ3n) is 5.41. The van der Waals surface area contributed by atoms with Crippen LogP contribution in [0.1, 0.15) is 48.6 Å². The summed E-state index contributed by atoms with van der Waals surface area (Å²) in [4.78, 5) is 28.7. The first-order valence-electron chi connectivity index (χ1n) is 11.6. The molecule has 0 saturated carbocycles. The second kappa shape index (κ2) is 12.1. The van der Waals surface area contributed by atoms with Crippen molar-refractivity contribution in [2.24, 2.45) is 0 Å². The summed E-state index contributed by atoms with van der Waals surface area (Å²) in [6, 6.07) is 13.1. The molecule has 0 aliphatic carbocycles. The van der Waals surface area contributed by atoms with Gasteiger partial charge in [-0.1, -0.05) is 56.3 Å². The third-order valence-corrected chi connectivity index (χ3v) is 7.45. The average molecular weight is 531 g/mol. The molecule has 0 spiro atoms. The number of carbonyl (C=O) groups is 2. The Labute approximate surface area is 215 Å². The molecule has 0 atom stereocenters. The second-order valence-corrected chi connectivity index (χ2v) is 10.5. The van der Waals surface area contributed by atoms with Crippen molar-refractivity contribution in [2.75, 3.05) is 12.8 Å². The molecule has 2 amide bonds. The Morgan fingerprint density at radius 1 is 1.08 bits per heavy atom. The van der Waals surface area contributed by atoms with Gasteiger partial charge in [-0.3, -0.25) is 0 Å². The van der Waals surface area contributed by atoms with Crippen LogP contribution in [0, 0.1) is 0 Å². The van der Waals surface area contributed by atoms with Gasteiger partial charge in [0.2, 0.25) is 0 Å². The SMILES string of the molecule is CCCNC(=O)NS(=O)(=O)c1cc(Cn2c(CCC)nc(SC)c2C(=O)O)ccc1-c1ccccc1. The highest BCUT2D eigenvalue weighted by Crippen LogP contribution is 2.30. The number of aromatic carboxylic acids is 1. The van der Waals surface area contributed by atoms with Crippen molar-refractivity contribution >= 4 is 33.8 Å². The lowest BCUT2D eigenvalue weighted by molar-refractivity contribution is 0.0681. The van der Waals surface area contributed by atoms with E-state index in [4.69, 9.17) is 0 Å². The molecule has 0 aliphatic rings.